The zero-order valence-electron chi connectivity index (χ0n) is 32.2. The summed E-state index contributed by atoms with van der Waals surface area (Å²) in [7, 11) is 0. The van der Waals surface area contributed by atoms with E-state index in [0.29, 0.717) is 5.82 Å². The van der Waals surface area contributed by atoms with Crippen molar-refractivity contribution in [2.75, 3.05) is 0 Å². The van der Waals surface area contributed by atoms with Gasteiger partial charge in [0, 0.05) is 58.6 Å². The molecule has 0 radical (unpaired) electrons. The van der Waals surface area contributed by atoms with Crippen LogP contribution in [0.3, 0.4) is 0 Å². The molecule has 0 spiro atoms. The molecule has 5 heteroatoms. The quantitative estimate of drug-likeness (QED) is 0.169. The first-order valence-corrected chi connectivity index (χ1v) is 20.9. The Bertz CT molecular complexity index is 3590. The van der Waals surface area contributed by atoms with Gasteiger partial charge in [-0.2, -0.15) is 0 Å². The number of thiophene rings is 1. The zero-order valence-corrected chi connectivity index (χ0v) is 33.0. The average molecular weight is 784 g/mol. The molecule has 0 fully saturated rings. The summed E-state index contributed by atoms with van der Waals surface area (Å²) in [5.74, 6) is 0.649. The lowest BCUT2D eigenvalue weighted by Crippen LogP contribution is -1.96. The van der Waals surface area contributed by atoms with Crippen LogP contribution in [0, 0.1) is 0 Å². The minimum atomic E-state index is 0.649. The second-order valence-corrected chi connectivity index (χ2v) is 16.2. The number of nitrogens with zero attached hydrogens (tertiary/aromatic N) is 3. The molecule has 12 aromatic rings. The molecule has 0 unspecified atom stereocenters. The van der Waals surface area contributed by atoms with Crippen LogP contribution in [-0.4, -0.2) is 15.0 Å². The van der Waals surface area contributed by atoms with E-state index >= 15 is 0 Å². The van der Waals surface area contributed by atoms with Gasteiger partial charge in [-0.05, 0) is 58.7 Å². The molecule has 4 aromatic heterocycles. The normalized spacial score (nSPS) is 11.7. The van der Waals surface area contributed by atoms with Gasteiger partial charge >= 0.3 is 0 Å². The minimum Gasteiger partial charge on any atom is -0.454 e. The van der Waals surface area contributed by atoms with Crippen molar-refractivity contribution >= 4 is 64.4 Å². The van der Waals surface area contributed by atoms with Gasteiger partial charge in [-0.3, -0.25) is 0 Å². The van der Waals surface area contributed by atoms with Crippen molar-refractivity contribution in [2.45, 2.75) is 0 Å². The number of furan rings is 1. The SMILES string of the molecule is c1ccc(-c2ccc(-c3ccc4nc(-c5cccc(-c6nc(-c7ccccc7)cc(-c7cccc8c7sc7ccccc78)n6)c5)c5oc6ccccc6c5c4c3)cc2)cc1. The Hall–Kier alpha value is -7.73. The van der Waals surface area contributed by atoms with Crippen molar-refractivity contribution < 1.29 is 4.42 Å². The topological polar surface area (TPSA) is 51.8 Å². The summed E-state index contributed by atoms with van der Waals surface area (Å²) in [6.07, 6.45) is 0. The third kappa shape index (κ3) is 5.78. The number of fused-ring (bicyclic) bond motifs is 8. The third-order valence-electron chi connectivity index (χ3n) is 11.5. The van der Waals surface area contributed by atoms with Gasteiger partial charge in [0.25, 0.3) is 0 Å². The summed E-state index contributed by atoms with van der Waals surface area (Å²) in [5.41, 5.74) is 13.7. The lowest BCUT2D eigenvalue weighted by Gasteiger charge is -2.12. The molecule has 0 bridgehead atoms. The highest BCUT2D eigenvalue weighted by Gasteiger charge is 2.20. The molecule has 4 nitrogen and oxygen atoms in total. The van der Waals surface area contributed by atoms with E-state index in [1.807, 2.05) is 35.6 Å². The Morgan fingerprint density at radius 3 is 1.83 bits per heavy atom. The summed E-state index contributed by atoms with van der Waals surface area (Å²) in [4.78, 5) is 15.9. The minimum absolute atomic E-state index is 0.649. The van der Waals surface area contributed by atoms with E-state index in [-0.39, 0.29) is 0 Å². The van der Waals surface area contributed by atoms with E-state index in [4.69, 9.17) is 19.4 Å². The maximum Gasteiger partial charge on any atom is 0.162 e. The molecule has 0 saturated heterocycles. The molecule has 0 aliphatic rings. The molecule has 0 atom stereocenters. The number of pyridine rings is 1. The Labute approximate surface area is 349 Å². The van der Waals surface area contributed by atoms with Gasteiger partial charge in [0.05, 0.1) is 16.9 Å². The number of aromatic nitrogens is 3. The molecule has 0 saturated carbocycles. The Kier molecular flexibility index (Phi) is 8.00. The van der Waals surface area contributed by atoms with E-state index in [0.717, 1.165) is 83.3 Å². The van der Waals surface area contributed by atoms with Crippen LogP contribution in [0.25, 0.3) is 120 Å². The standard InChI is InChI=1S/C55H33N3OS/c1-3-13-34(14-4-1)35-25-27-36(28-26-35)38-29-30-46-45(32-38)51-44-20-7-9-23-49(44)59-53(51)52(56-46)39-17-11-18-40(31-39)55-57-47(37-15-5-2-6-16-37)33-48(58-55)43-22-12-21-42-41-19-8-10-24-50(41)60-54(42)43/h1-33H. The summed E-state index contributed by atoms with van der Waals surface area (Å²) in [6.45, 7) is 0. The van der Waals surface area contributed by atoms with Crippen molar-refractivity contribution in [3.05, 3.63) is 200 Å². The fraction of sp³-hybridized carbons (Fsp3) is 0. The van der Waals surface area contributed by atoms with Gasteiger partial charge in [0.2, 0.25) is 0 Å². The summed E-state index contributed by atoms with van der Waals surface area (Å²) in [6, 6.07) is 70.1. The predicted molar refractivity (Wildman–Crippen MR) is 250 cm³/mol. The maximum atomic E-state index is 6.73. The lowest BCUT2D eigenvalue weighted by molar-refractivity contribution is 0.669. The second kappa shape index (κ2) is 14.0. The summed E-state index contributed by atoms with van der Waals surface area (Å²) >= 11 is 1.81. The molecular weight excluding hydrogens is 751 g/mol. The van der Waals surface area contributed by atoms with Crippen molar-refractivity contribution in [1.29, 1.82) is 0 Å². The van der Waals surface area contributed by atoms with Gasteiger partial charge < -0.3 is 4.42 Å². The van der Waals surface area contributed by atoms with Gasteiger partial charge in [0.15, 0.2) is 11.4 Å². The molecular formula is C55H33N3OS. The van der Waals surface area contributed by atoms with E-state index in [1.54, 1.807) is 0 Å². The van der Waals surface area contributed by atoms with Crippen molar-refractivity contribution in [2.24, 2.45) is 0 Å². The number of hydrogen-bond acceptors (Lipinski definition) is 5. The summed E-state index contributed by atoms with van der Waals surface area (Å²) < 4.78 is 9.21. The van der Waals surface area contributed by atoms with E-state index < -0.39 is 0 Å². The Morgan fingerprint density at radius 2 is 1.00 bits per heavy atom. The van der Waals surface area contributed by atoms with Gasteiger partial charge in [0.1, 0.15) is 11.3 Å². The zero-order chi connectivity index (χ0) is 39.6. The highest BCUT2D eigenvalue weighted by Crippen LogP contribution is 2.43. The van der Waals surface area contributed by atoms with Crippen LogP contribution < -0.4 is 0 Å². The van der Waals surface area contributed by atoms with E-state index in [9.17, 15) is 0 Å². The molecule has 0 aliphatic heterocycles. The molecule has 12 rings (SSSR count). The Morgan fingerprint density at radius 1 is 0.383 bits per heavy atom. The predicted octanol–water partition coefficient (Wildman–Crippen LogP) is 15.3. The van der Waals surface area contributed by atoms with Gasteiger partial charge in [-0.25, -0.2) is 15.0 Å². The maximum absolute atomic E-state index is 6.73. The van der Waals surface area contributed by atoms with Crippen LogP contribution in [0.4, 0.5) is 0 Å². The Balaban J connectivity index is 1.01. The molecule has 0 N–H and O–H groups in total. The van der Waals surface area contributed by atoms with Crippen LogP contribution in [0.2, 0.25) is 0 Å². The largest absolute Gasteiger partial charge is 0.454 e. The fourth-order valence-electron chi connectivity index (χ4n) is 8.57. The highest BCUT2D eigenvalue weighted by molar-refractivity contribution is 7.26. The van der Waals surface area contributed by atoms with Crippen LogP contribution >= 0.6 is 11.3 Å². The van der Waals surface area contributed by atoms with Crippen molar-refractivity contribution in [1.82, 2.24) is 15.0 Å². The van der Waals surface area contributed by atoms with Crippen LogP contribution in [-0.2, 0) is 0 Å². The monoisotopic (exact) mass is 783 g/mol. The first-order chi connectivity index (χ1) is 29.7. The fourth-order valence-corrected chi connectivity index (χ4v) is 9.80. The third-order valence-corrected chi connectivity index (χ3v) is 12.7. The first-order valence-electron chi connectivity index (χ1n) is 20.1. The van der Waals surface area contributed by atoms with E-state index in [1.165, 1.54) is 31.3 Å². The number of hydrogen-bond donors (Lipinski definition) is 0. The van der Waals surface area contributed by atoms with Crippen LogP contribution in [0.15, 0.2) is 205 Å². The van der Waals surface area contributed by atoms with Gasteiger partial charge in [-0.1, -0.05) is 164 Å². The smallest absolute Gasteiger partial charge is 0.162 e. The average Bonchev–Trinajstić information content (AvgIpc) is 3.91. The second-order valence-electron chi connectivity index (χ2n) is 15.1. The molecule has 0 amide bonds. The molecule has 0 aliphatic carbocycles. The van der Waals surface area contributed by atoms with Crippen molar-refractivity contribution in [3.8, 4) is 67.4 Å². The van der Waals surface area contributed by atoms with E-state index in [2.05, 4.69) is 176 Å². The van der Waals surface area contributed by atoms with Crippen LogP contribution in [0.1, 0.15) is 0 Å². The summed E-state index contributed by atoms with van der Waals surface area (Å²) in [5, 5.41) is 5.67. The molecule has 8 aromatic carbocycles. The molecule has 60 heavy (non-hydrogen) atoms. The number of benzene rings is 8. The lowest BCUT2D eigenvalue weighted by atomic mass is 9.97. The van der Waals surface area contributed by atoms with Gasteiger partial charge in [-0.15, -0.1) is 11.3 Å². The first kappa shape index (κ1) is 34.3. The molecule has 280 valence electrons. The number of para-hydroxylation sites is 1. The van der Waals surface area contributed by atoms with Crippen LogP contribution in [0.5, 0.6) is 0 Å². The number of rotatable bonds is 6. The highest BCUT2D eigenvalue weighted by atomic mass is 32.1. The van der Waals surface area contributed by atoms with Crippen molar-refractivity contribution in [3.63, 3.8) is 0 Å². The molecule has 4 heterocycles.